The second-order valence-electron chi connectivity index (χ2n) is 8.05. The van der Waals surface area contributed by atoms with Crippen molar-refractivity contribution < 1.29 is 22.7 Å². The highest BCUT2D eigenvalue weighted by Gasteiger charge is 2.28. The van der Waals surface area contributed by atoms with E-state index in [4.69, 9.17) is 0 Å². The van der Waals surface area contributed by atoms with Gasteiger partial charge in [0, 0.05) is 41.3 Å². The standard InChI is InChI=1S/C24H19F3N6O2/c25-24(26,27)13-35-21-7-4-17(12-29-21)15-8-9-28-20(11-15)23(34)31-18-3-1-2-16(10-18)22-32-30-14-33(22)19-5-6-19/h1-4,7-12,14,19H,5-6,13H2,(H,31,34). The molecule has 178 valence electrons. The van der Waals surface area contributed by atoms with Gasteiger partial charge in [0.25, 0.3) is 5.91 Å². The van der Waals surface area contributed by atoms with Gasteiger partial charge in [0.2, 0.25) is 5.88 Å². The first-order chi connectivity index (χ1) is 16.9. The van der Waals surface area contributed by atoms with Crippen LogP contribution < -0.4 is 10.1 Å². The topological polar surface area (TPSA) is 94.8 Å². The SMILES string of the molecule is O=C(Nc1cccc(-c2nncn2C2CC2)c1)c1cc(-c2ccc(OCC(F)(F)F)nc2)ccn1. The first kappa shape index (κ1) is 22.5. The molecule has 1 amide bonds. The summed E-state index contributed by atoms with van der Waals surface area (Å²) in [6.07, 6.45) is 2.33. The summed E-state index contributed by atoms with van der Waals surface area (Å²) in [6.45, 7) is -1.42. The first-order valence-electron chi connectivity index (χ1n) is 10.8. The maximum Gasteiger partial charge on any atom is 0.422 e. The Kier molecular flexibility index (Phi) is 5.89. The Labute approximate surface area is 197 Å². The number of amides is 1. The molecule has 35 heavy (non-hydrogen) atoms. The highest BCUT2D eigenvalue weighted by Crippen LogP contribution is 2.37. The van der Waals surface area contributed by atoms with Crippen LogP contribution in [0.5, 0.6) is 5.88 Å². The molecule has 8 nitrogen and oxygen atoms in total. The third-order valence-corrected chi connectivity index (χ3v) is 5.34. The number of anilines is 1. The molecule has 3 heterocycles. The fraction of sp³-hybridized carbons (Fsp3) is 0.208. The molecule has 4 aromatic rings. The van der Waals surface area contributed by atoms with Crippen molar-refractivity contribution in [1.29, 1.82) is 0 Å². The molecule has 1 aliphatic rings. The first-order valence-corrected chi connectivity index (χ1v) is 10.8. The number of benzene rings is 1. The van der Waals surface area contributed by atoms with Gasteiger partial charge in [0.15, 0.2) is 12.4 Å². The summed E-state index contributed by atoms with van der Waals surface area (Å²) >= 11 is 0. The molecule has 1 aliphatic carbocycles. The Morgan fingerprint density at radius 2 is 1.91 bits per heavy atom. The Hall–Kier alpha value is -4.28. The van der Waals surface area contributed by atoms with E-state index < -0.39 is 18.7 Å². The summed E-state index contributed by atoms with van der Waals surface area (Å²) < 4.78 is 43.6. The molecule has 0 aliphatic heterocycles. The van der Waals surface area contributed by atoms with Crippen LogP contribution in [0, 0.1) is 0 Å². The van der Waals surface area contributed by atoms with Gasteiger partial charge in [-0.25, -0.2) is 4.98 Å². The molecular formula is C24H19F3N6O2. The van der Waals surface area contributed by atoms with E-state index in [0.717, 1.165) is 24.2 Å². The fourth-order valence-electron chi connectivity index (χ4n) is 3.53. The molecule has 0 spiro atoms. The average Bonchev–Trinajstić information content (AvgIpc) is 3.58. The number of pyridine rings is 2. The van der Waals surface area contributed by atoms with Crippen LogP contribution in [0.25, 0.3) is 22.5 Å². The van der Waals surface area contributed by atoms with E-state index in [2.05, 4.69) is 30.2 Å². The minimum absolute atomic E-state index is 0.143. The van der Waals surface area contributed by atoms with Crippen molar-refractivity contribution in [2.45, 2.75) is 25.1 Å². The van der Waals surface area contributed by atoms with Gasteiger partial charge >= 0.3 is 6.18 Å². The van der Waals surface area contributed by atoms with Gasteiger partial charge in [-0.05, 0) is 48.7 Å². The highest BCUT2D eigenvalue weighted by molar-refractivity contribution is 6.03. The molecule has 0 radical (unpaired) electrons. The van der Waals surface area contributed by atoms with Gasteiger partial charge in [0.1, 0.15) is 12.0 Å². The predicted octanol–water partition coefficient (Wildman–Crippen LogP) is 4.93. The van der Waals surface area contributed by atoms with Crippen LogP contribution >= 0.6 is 0 Å². The van der Waals surface area contributed by atoms with E-state index in [0.29, 0.717) is 22.9 Å². The number of carbonyl (C=O) groups is 1. The van der Waals surface area contributed by atoms with Crippen LogP contribution in [-0.2, 0) is 0 Å². The zero-order valence-corrected chi connectivity index (χ0v) is 18.2. The number of nitrogens with one attached hydrogen (secondary N) is 1. The lowest BCUT2D eigenvalue weighted by Gasteiger charge is -2.10. The summed E-state index contributed by atoms with van der Waals surface area (Å²) in [6, 6.07) is 13.9. The normalized spacial score (nSPS) is 13.5. The van der Waals surface area contributed by atoms with Gasteiger partial charge in [-0.3, -0.25) is 9.78 Å². The van der Waals surface area contributed by atoms with E-state index >= 15 is 0 Å². The maximum absolute atomic E-state index is 12.9. The van der Waals surface area contributed by atoms with Crippen molar-refractivity contribution in [2.24, 2.45) is 0 Å². The molecule has 0 bridgehead atoms. The lowest BCUT2D eigenvalue weighted by molar-refractivity contribution is -0.154. The number of aromatic nitrogens is 5. The quantitative estimate of drug-likeness (QED) is 0.403. The minimum Gasteiger partial charge on any atom is -0.468 e. The molecule has 1 aromatic carbocycles. The number of alkyl halides is 3. The van der Waals surface area contributed by atoms with Gasteiger partial charge in [-0.1, -0.05) is 12.1 Å². The Bertz CT molecular complexity index is 1350. The lowest BCUT2D eigenvalue weighted by Crippen LogP contribution is -2.19. The summed E-state index contributed by atoms with van der Waals surface area (Å²) in [5, 5.41) is 11.1. The van der Waals surface area contributed by atoms with Crippen molar-refractivity contribution in [3.05, 3.63) is 72.9 Å². The van der Waals surface area contributed by atoms with Crippen LogP contribution in [0.3, 0.4) is 0 Å². The van der Waals surface area contributed by atoms with Crippen LogP contribution in [0.4, 0.5) is 18.9 Å². The molecule has 0 atom stereocenters. The van der Waals surface area contributed by atoms with Crippen LogP contribution in [0.1, 0.15) is 29.4 Å². The lowest BCUT2D eigenvalue weighted by atomic mass is 10.1. The van der Waals surface area contributed by atoms with E-state index in [-0.39, 0.29) is 11.6 Å². The Balaban J connectivity index is 1.29. The number of rotatable bonds is 7. The van der Waals surface area contributed by atoms with Crippen LogP contribution in [0.15, 0.2) is 67.3 Å². The third kappa shape index (κ3) is 5.45. The summed E-state index contributed by atoms with van der Waals surface area (Å²) in [5.41, 5.74) is 2.82. The number of hydrogen-bond donors (Lipinski definition) is 1. The van der Waals surface area contributed by atoms with Crippen LogP contribution in [-0.4, -0.2) is 43.4 Å². The number of halogens is 3. The maximum atomic E-state index is 12.9. The smallest absolute Gasteiger partial charge is 0.422 e. The van der Waals surface area contributed by atoms with Gasteiger partial charge < -0.3 is 14.6 Å². The van der Waals surface area contributed by atoms with Crippen molar-refractivity contribution in [1.82, 2.24) is 24.7 Å². The van der Waals surface area contributed by atoms with E-state index in [9.17, 15) is 18.0 Å². The fourth-order valence-corrected chi connectivity index (χ4v) is 3.53. The monoisotopic (exact) mass is 480 g/mol. The van der Waals surface area contributed by atoms with Crippen molar-refractivity contribution >= 4 is 11.6 Å². The molecular weight excluding hydrogens is 461 g/mol. The Morgan fingerprint density at radius 3 is 2.66 bits per heavy atom. The average molecular weight is 480 g/mol. The largest absolute Gasteiger partial charge is 0.468 e. The number of hydrogen-bond acceptors (Lipinski definition) is 6. The summed E-state index contributed by atoms with van der Waals surface area (Å²) in [7, 11) is 0. The molecule has 3 aromatic heterocycles. The van der Waals surface area contributed by atoms with E-state index in [1.807, 2.05) is 22.8 Å². The zero-order valence-electron chi connectivity index (χ0n) is 18.2. The number of nitrogens with zero attached hydrogens (tertiary/aromatic N) is 5. The van der Waals surface area contributed by atoms with Crippen molar-refractivity contribution in [3.8, 4) is 28.4 Å². The zero-order chi connectivity index (χ0) is 24.4. The number of carbonyl (C=O) groups excluding carboxylic acids is 1. The summed E-state index contributed by atoms with van der Waals surface area (Å²) in [5.74, 6) is 0.195. The van der Waals surface area contributed by atoms with Gasteiger partial charge in [0.05, 0.1) is 0 Å². The highest BCUT2D eigenvalue weighted by atomic mass is 19.4. The Morgan fingerprint density at radius 1 is 1.06 bits per heavy atom. The molecule has 1 N–H and O–H groups in total. The third-order valence-electron chi connectivity index (χ3n) is 5.34. The minimum atomic E-state index is -4.44. The number of ether oxygens (including phenoxy) is 1. The molecule has 0 unspecified atom stereocenters. The van der Waals surface area contributed by atoms with Gasteiger partial charge in [-0.2, -0.15) is 13.2 Å². The second kappa shape index (κ2) is 9.16. The second-order valence-corrected chi connectivity index (χ2v) is 8.05. The molecule has 11 heteroatoms. The van der Waals surface area contributed by atoms with E-state index in [1.165, 1.54) is 18.5 Å². The summed E-state index contributed by atoms with van der Waals surface area (Å²) in [4.78, 5) is 20.9. The molecule has 0 saturated heterocycles. The predicted molar refractivity (Wildman–Crippen MR) is 121 cm³/mol. The van der Waals surface area contributed by atoms with E-state index in [1.54, 1.807) is 30.6 Å². The van der Waals surface area contributed by atoms with Crippen molar-refractivity contribution in [2.75, 3.05) is 11.9 Å². The molecule has 5 rings (SSSR count). The van der Waals surface area contributed by atoms with Gasteiger partial charge in [-0.15, -0.1) is 10.2 Å². The van der Waals surface area contributed by atoms with Crippen LogP contribution in [0.2, 0.25) is 0 Å². The molecule has 1 saturated carbocycles. The van der Waals surface area contributed by atoms with Crippen molar-refractivity contribution in [3.63, 3.8) is 0 Å². The molecule has 1 fully saturated rings.